The molecular formula is C14H19N5O. The second kappa shape index (κ2) is 6.00. The van der Waals surface area contributed by atoms with Gasteiger partial charge in [-0.05, 0) is 60.4 Å². The Balaban J connectivity index is 1.63. The van der Waals surface area contributed by atoms with E-state index in [-0.39, 0.29) is 0 Å². The van der Waals surface area contributed by atoms with Crippen LogP contribution < -0.4 is 5.32 Å². The number of methoxy groups -OCH3 is 1. The molecule has 0 aliphatic heterocycles. The molecule has 1 aromatic heterocycles. The van der Waals surface area contributed by atoms with Crippen LogP contribution in [0.5, 0.6) is 0 Å². The fraction of sp³-hybridized carbons (Fsp3) is 0.500. The zero-order chi connectivity index (χ0) is 13.8. The Hall–Kier alpha value is -1.95. The summed E-state index contributed by atoms with van der Waals surface area (Å²) >= 11 is 0. The van der Waals surface area contributed by atoms with Crippen LogP contribution in [0.25, 0.3) is 5.69 Å². The minimum Gasteiger partial charge on any atom is -0.382 e. The standard InChI is InChI=1S/C14H19N5O/c1-20-14-4-2-3-12(9-14)16-11-5-7-13(8-6-11)19-10-15-17-18-19/h5-8,10,12,14,16H,2-4,9H2,1H3. The Morgan fingerprint density at radius 2 is 2.10 bits per heavy atom. The molecule has 1 N–H and O–H groups in total. The lowest BCUT2D eigenvalue weighted by Gasteiger charge is -2.29. The Morgan fingerprint density at radius 3 is 2.80 bits per heavy atom. The van der Waals surface area contributed by atoms with E-state index < -0.39 is 0 Å². The van der Waals surface area contributed by atoms with E-state index in [1.807, 2.05) is 12.1 Å². The van der Waals surface area contributed by atoms with E-state index in [0.717, 1.165) is 17.8 Å². The van der Waals surface area contributed by atoms with Gasteiger partial charge in [0, 0.05) is 18.8 Å². The third kappa shape index (κ3) is 2.96. The number of anilines is 1. The van der Waals surface area contributed by atoms with Gasteiger partial charge in [-0.25, -0.2) is 4.68 Å². The van der Waals surface area contributed by atoms with Gasteiger partial charge in [-0.3, -0.25) is 0 Å². The highest BCUT2D eigenvalue weighted by atomic mass is 16.5. The van der Waals surface area contributed by atoms with Crippen LogP contribution in [0, 0.1) is 0 Å². The highest BCUT2D eigenvalue weighted by molar-refractivity contribution is 5.49. The van der Waals surface area contributed by atoms with E-state index in [2.05, 4.69) is 33.0 Å². The molecule has 2 aromatic rings. The Kier molecular flexibility index (Phi) is 3.92. The number of nitrogens with zero attached hydrogens (tertiary/aromatic N) is 4. The lowest BCUT2D eigenvalue weighted by atomic mass is 9.92. The van der Waals surface area contributed by atoms with Gasteiger partial charge in [0.2, 0.25) is 0 Å². The molecule has 20 heavy (non-hydrogen) atoms. The van der Waals surface area contributed by atoms with Gasteiger partial charge in [-0.2, -0.15) is 0 Å². The summed E-state index contributed by atoms with van der Waals surface area (Å²) in [6.07, 6.45) is 6.65. The quantitative estimate of drug-likeness (QED) is 0.923. The lowest BCUT2D eigenvalue weighted by Crippen LogP contribution is -2.30. The third-order valence-electron chi connectivity index (χ3n) is 3.81. The van der Waals surface area contributed by atoms with E-state index in [1.165, 1.54) is 19.3 Å². The van der Waals surface area contributed by atoms with Gasteiger partial charge in [-0.15, -0.1) is 5.10 Å². The molecule has 0 spiro atoms. The molecule has 1 fully saturated rings. The maximum atomic E-state index is 5.46. The maximum Gasteiger partial charge on any atom is 0.143 e. The van der Waals surface area contributed by atoms with Crippen LogP contribution in [-0.4, -0.2) is 39.5 Å². The van der Waals surface area contributed by atoms with Crippen molar-refractivity contribution in [1.29, 1.82) is 0 Å². The van der Waals surface area contributed by atoms with Crippen molar-refractivity contribution in [3.8, 4) is 5.69 Å². The van der Waals surface area contributed by atoms with Gasteiger partial charge in [0.15, 0.2) is 0 Å². The van der Waals surface area contributed by atoms with Crippen LogP contribution >= 0.6 is 0 Å². The molecule has 6 nitrogen and oxygen atoms in total. The second-order valence-electron chi connectivity index (χ2n) is 5.17. The van der Waals surface area contributed by atoms with Gasteiger partial charge in [0.1, 0.15) is 6.33 Å². The van der Waals surface area contributed by atoms with Gasteiger partial charge < -0.3 is 10.1 Å². The minimum atomic E-state index is 0.391. The third-order valence-corrected chi connectivity index (χ3v) is 3.81. The summed E-state index contributed by atoms with van der Waals surface area (Å²) in [6, 6.07) is 8.64. The Morgan fingerprint density at radius 1 is 1.25 bits per heavy atom. The molecule has 1 heterocycles. The predicted octanol–water partition coefficient (Wildman–Crippen LogP) is 2.03. The summed E-state index contributed by atoms with van der Waals surface area (Å²) in [6.45, 7) is 0. The topological polar surface area (TPSA) is 64.9 Å². The first-order valence-electron chi connectivity index (χ1n) is 6.98. The van der Waals surface area contributed by atoms with Crippen molar-refractivity contribution in [3.05, 3.63) is 30.6 Å². The van der Waals surface area contributed by atoms with Gasteiger partial charge in [0.25, 0.3) is 0 Å². The first-order chi connectivity index (χ1) is 9.85. The fourth-order valence-electron chi connectivity index (χ4n) is 2.72. The van der Waals surface area contributed by atoms with E-state index in [1.54, 1.807) is 18.1 Å². The average molecular weight is 273 g/mol. The molecule has 0 bridgehead atoms. The summed E-state index contributed by atoms with van der Waals surface area (Å²) in [5.41, 5.74) is 2.09. The molecule has 6 heteroatoms. The lowest BCUT2D eigenvalue weighted by molar-refractivity contribution is 0.0669. The normalized spacial score (nSPS) is 22.6. The molecule has 106 valence electrons. The molecule has 0 radical (unpaired) electrons. The number of benzene rings is 1. The van der Waals surface area contributed by atoms with Gasteiger partial charge in [0.05, 0.1) is 11.8 Å². The molecule has 1 aromatic carbocycles. The maximum absolute atomic E-state index is 5.46. The van der Waals surface area contributed by atoms with Crippen molar-refractivity contribution in [2.75, 3.05) is 12.4 Å². The van der Waals surface area contributed by atoms with E-state index in [0.29, 0.717) is 12.1 Å². The molecule has 2 unspecified atom stereocenters. The number of ether oxygens (including phenoxy) is 1. The SMILES string of the molecule is COC1CCCC(Nc2ccc(-n3cnnn3)cc2)C1. The van der Waals surface area contributed by atoms with Crippen LogP contribution in [0.1, 0.15) is 25.7 Å². The molecule has 0 amide bonds. The summed E-state index contributed by atoms with van der Waals surface area (Å²) in [7, 11) is 1.80. The van der Waals surface area contributed by atoms with Crippen molar-refractivity contribution >= 4 is 5.69 Å². The molecule has 2 atom stereocenters. The van der Waals surface area contributed by atoms with E-state index >= 15 is 0 Å². The zero-order valence-corrected chi connectivity index (χ0v) is 11.6. The molecule has 3 rings (SSSR count). The highest BCUT2D eigenvalue weighted by Gasteiger charge is 2.21. The first-order valence-corrected chi connectivity index (χ1v) is 6.98. The monoisotopic (exact) mass is 273 g/mol. The van der Waals surface area contributed by atoms with Crippen LogP contribution in [-0.2, 0) is 4.74 Å². The number of tetrazole rings is 1. The summed E-state index contributed by atoms with van der Waals surface area (Å²) < 4.78 is 7.11. The van der Waals surface area contributed by atoms with Crippen molar-refractivity contribution in [1.82, 2.24) is 20.2 Å². The second-order valence-corrected chi connectivity index (χ2v) is 5.17. The minimum absolute atomic E-state index is 0.391. The van der Waals surface area contributed by atoms with Crippen LogP contribution in [0.3, 0.4) is 0 Å². The van der Waals surface area contributed by atoms with Crippen molar-refractivity contribution in [2.24, 2.45) is 0 Å². The number of nitrogens with one attached hydrogen (secondary N) is 1. The largest absolute Gasteiger partial charge is 0.382 e. The van der Waals surface area contributed by atoms with Crippen LogP contribution in [0.4, 0.5) is 5.69 Å². The molecule has 1 aliphatic rings. The van der Waals surface area contributed by atoms with Crippen LogP contribution in [0.2, 0.25) is 0 Å². The van der Waals surface area contributed by atoms with Gasteiger partial charge in [-0.1, -0.05) is 0 Å². The van der Waals surface area contributed by atoms with Crippen molar-refractivity contribution in [2.45, 2.75) is 37.8 Å². The van der Waals surface area contributed by atoms with E-state index in [4.69, 9.17) is 4.74 Å². The van der Waals surface area contributed by atoms with E-state index in [9.17, 15) is 0 Å². The van der Waals surface area contributed by atoms with Crippen LogP contribution in [0.15, 0.2) is 30.6 Å². The Labute approximate surface area is 118 Å². The Bertz CT molecular complexity index is 525. The summed E-state index contributed by atoms with van der Waals surface area (Å²) in [4.78, 5) is 0. The summed E-state index contributed by atoms with van der Waals surface area (Å²) in [5, 5.41) is 14.7. The zero-order valence-electron chi connectivity index (χ0n) is 11.6. The fourth-order valence-corrected chi connectivity index (χ4v) is 2.72. The number of hydrogen-bond acceptors (Lipinski definition) is 5. The predicted molar refractivity (Wildman–Crippen MR) is 75.8 cm³/mol. The molecular weight excluding hydrogens is 254 g/mol. The average Bonchev–Trinajstić information content (AvgIpc) is 3.02. The molecule has 0 saturated heterocycles. The molecule has 1 saturated carbocycles. The number of aromatic nitrogens is 4. The smallest absolute Gasteiger partial charge is 0.143 e. The van der Waals surface area contributed by atoms with Crippen molar-refractivity contribution < 1.29 is 4.74 Å². The molecule has 1 aliphatic carbocycles. The van der Waals surface area contributed by atoms with Crippen molar-refractivity contribution in [3.63, 3.8) is 0 Å². The van der Waals surface area contributed by atoms with Gasteiger partial charge >= 0.3 is 0 Å². The number of hydrogen-bond donors (Lipinski definition) is 1. The first kappa shape index (κ1) is 13.1. The summed E-state index contributed by atoms with van der Waals surface area (Å²) in [5.74, 6) is 0. The number of rotatable bonds is 4. The highest BCUT2D eigenvalue weighted by Crippen LogP contribution is 2.24.